The van der Waals surface area contributed by atoms with Crippen molar-refractivity contribution in [3.8, 4) is 0 Å². The Morgan fingerprint density at radius 2 is 1.79 bits per heavy atom. The van der Waals surface area contributed by atoms with Crippen LogP contribution in [0.25, 0.3) is 0 Å². The molecule has 0 aliphatic carbocycles. The maximum atomic E-state index is 13.3. The second-order valence-electron chi connectivity index (χ2n) is 10.7. The summed E-state index contributed by atoms with van der Waals surface area (Å²) in [6.07, 6.45) is 1.62. The van der Waals surface area contributed by atoms with Crippen LogP contribution in [0.5, 0.6) is 0 Å². The average Bonchev–Trinajstić information content (AvgIpc) is 3.23. The Hall–Kier alpha value is -2.12. The van der Waals surface area contributed by atoms with E-state index in [4.69, 9.17) is 11.6 Å². The van der Waals surface area contributed by atoms with Gasteiger partial charge in [0.25, 0.3) is 0 Å². The van der Waals surface area contributed by atoms with E-state index in [1.165, 1.54) is 0 Å². The molecule has 2 aliphatic heterocycles. The minimum atomic E-state index is -1.06. The Labute approximate surface area is 207 Å². The van der Waals surface area contributed by atoms with Gasteiger partial charge >= 0.3 is 0 Å². The minimum absolute atomic E-state index is 0.0253. The van der Waals surface area contributed by atoms with Gasteiger partial charge in [-0.15, -0.1) is 0 Å². The molecule has 1 aromatic carbocycles. The van der Waals surface area contributed by atoms with Crippen molar-refractivity contribution < 1.29 is 19.5 Å². The Kier molecular flexibility index (Phi) is 7.98. The van der Waals surface area contributed by atoms with Crippen molar-refractivity contribution in [3.63, 3.8) is 0 Å². The highest BCUT2D eigenvalue weighted by Gasteiger charge is 2.50. The monoisotopic (exact) mass is 491 g/mol. The van der Waals surface area contributed by atoms with Crippen molar-refractivity contribution in [3.05, 3.63) is 34.9 Å². The lowest BCUT2D eigenvalue weighted by Gasteiger charge is -2.51. The van der Waals surface area contributed by atoms with Crippen LogP contribution in [0.4, 0.5) is 0 Å². The molecule has 0 aromatic heterocycles. The molecule has 1 aromatic rings. The molecule has 3 amide bonds. The highest BCUT2D eigenvalue weighted by atomic mass is 35.5. The molecule has 2 unspecified atom stereocenters. The van der Waals surface area contributed by atoms with Gasteiger partial charge in [-0.25, -0.2) is 0 Å². The maximum absolute atomic E-state index is 13.3. The van der Waals surface area contributed by atoms with Crippen molar-refractivity contribution in [2.75, 3.05) is 26.2 Å². The summed E-state index contributed by atoms with van der Waals surface area (Å²) < 4.78 is 0. The van der Waals surface area contributed by atoms with Gasteiger partial charge in [0.05, 0.1) is 11.5 Å². The SMILES string of the molecule is CC(=O)N1CCC(CC(=O)NC(C)[C@@H](C)C(=O)N2CC[C@](O)(c3ccc(Cl)cc3)C(C)(C)C2)C1. The Morgan fingerprint density at radius 3 is 2.35 bits per heavy atom. The van der Waals surface area contributed by atoms with Crippen LogP contribution in [-0.2, 0) is 20.0 Å². The van der Waals surface area contributed by atoms with Crippen molar-refractivity contribution in [1.82, 2.24) is 15.1 Å². The number of halogens is 1. The number of likely N-dealkylation sites (tertiary alicyclic amines) is 2. The van der Waals surface area contributed by atoms with Gasteiger partial charge in [0.15, 0.2) is 0 Å². The molecule has 2 aliphatic rings. The van der Waals surface area contributed by atoms with Gasteiger partial charge in [0, 0.05) is 56.0 Å². The van der Waals surface area contributed by atoms with Gasteiger partial charge in [-0.2, -0.15) is 0 Å². The Balaban J connectivity index is 1.56. The molecule has 8 heteroatoms. The largest absolute Gasteiger partial charge is 0.384 e. The molecule has 3 rings (SSSR count). The number of benzene rings is 1. The van der Waals surface area contributed by atoms with Gasteiger partial charge in [-0.1, -0.05) is 44.5 Å². The molecule has 0 radical (unpaired) electrons. The highest BCUT2D eigenvalue weighted by Crippen LogP contribution is 2.46. The fourth-order valence-electron chi connectivity index (χ4n) is 5.26. The first-order valence-electron chi connectivity index (χ1n) is 12.2. The van der Waals surface area contributed by atoms with E-state index in [9.17, 15) is 19.5 Å². The number of hydrogen-bond acceptors (Lipinski definition) is 4. The number of carbonyl (C=O) groups is 3. The molecular weight excluding hydrogens is 454 g/mol. The van der Waals surface area contributed by atoms with Gasteiger partial charge in [0.1, 0.15) is 0 Å². The van der Waals surface area contributed by atoms with E-state index in [1.807, 2.05) is 39.8 Å². The molecule has 0 bridgehead atoms. The third-order valence-corrected chi connectivity index (χ3v) is 8.07. The predicted octanol–water partition coefficient (Wildman–Crippen LogP) is 3.19. The van der Waals surface area contributed by atoms with Gasteiger partial charge in [-0.3, -0.25) is 14.4 Å². The molecular formula is C26H38ClN3O4. The van der Waals surface area contributed by atoms with E-state index in [0.29, 0.717) is 44.0 Å². The number of nitrogens with one attached hydrogen (secondary N) is 1. The van der Waals surface area contributed by atoms with E-state index in [2.05, 4.69) is 5.32 Å². The maximum Gasteiger partial charge on any atom is 0.227 e. The molecule has 0 saturated carbocycles. The molecule has 7 nitrogen and oxygen atoms in total. The number of carbonyl (C=O) groups excluding carboxylic acids is 3. The van der Waals surface area contributed by atoms with Crippen LogP contribution in [0.3, 0.4) is 0 Å². The molecule has 2 N–H and O–H groups in total. The summed E-state index contributed by atoms with van der Waals surface area (Å²) in [6, 6.07) is 6.94. The quantitative estimate of drug-likeness (QED) is 0.639. The first-order valence-corrected chi connectivity index (χ1v) is 12.5. The van der Waals surface area contributed by atoms with Crippen LogP contribution in [0, 0.1) is 17.3 Å². The topological polar surface area (TPSA) is 90.0 Å². The van der Waals surface area contributed by atoms with Crippen molar-refractivity contribution in [2.45, 2.75) is 65.5 Å². The average molecular weight is 492 g/mol. The number of amides is 3. The summed E-state index contributed by atoms with van der Waals surface area (Å²) in [6.45, 7) is 11.4. The van der Waals surface area contributed by atoms with Crippen molar-refractivity contribution in [2.24, 2.45) is 17.3 Å². The molecule has 2 saturated heterocycles. The Bertz CT molecular complexity index is 919. The zero-order valence-electron chi connectivity index (χ0n) is 20.9. The molecule has 4 atom stereocenters. The molecule has 34 heavy (non-hydrogen) atoms. The number of rotatable bonds is 6. The first kappa shape index (κ1) is 26.5. The molecule has 2 heterocycles. The van der Waals surface area contributed by atoms with E-state index in [0.717, 1.165) is 12.0 Å². The lowest BCUT2D eigenvalue weighted by molar-refractivity contribution is -0.156. The van der Waals surface area contributed by atoms with Gasteiger partial charge < -0.3 is 20.2 Å². The molecule has 2 fully saturated rings. The lowest BCUT2D eigenvalue weighted by atomic mass is 9.66. The fourth-order valence-corrected chi connectivity index (χ4v) is 5.38. The summed E-state index contributed by atoms with van der Waals surface area (Å²) in [5.74, 6) is -0.293. The van der Waals surface area contributed by atoms with Crippen LogP contribution in [0.15, 0.2) is 24.3 Å². The first-order chi connectivity index (χ1) is 15.8. The number of piperidine rings is 1. The zero-order chi connectivity index (χ0) is 25.3. The third kappa shape index (κ3) is 5.57. The lowest BCUT2D eigenvalue weighted by Crippen LogP contribution is -2.58. The van der Waals surface area contributed by atoms with Crippen LogP contribution in [0.2, 0.25) is 5.02 Å². The summed E-state index contributed by atoms with van der Waals surface area (Å²) in [7, 11) is 0. The van der Waals surface area contributed by atoms with E-state index >= 15 is 0 Å². The van der Waals surface area contributed by atoms with Gasteiger partial charge in [-0.05, 0) is 43.4 Å². The summed E-state index contributed by atoms with van der Waals surface area (Å²) in [5.41, 5.74) is -0.823. The standard InChI is InChI=1S/C26H38ClN3O4/c1-17(18(2)28-23(32)14-20-10-12-29(15-20)19(3)31)24(33)30-13-11-26(34,25(4,5)16-30)21-6-8-22(27)9-7-21/h6-9,17-18,20,34H,10-16H2,1-5H3,(H,28,32)/t17-,18?,20?,26+/m1/s1. The van der Waals surface area contributed by atoms with Crippen LogP contribution >= 0.6 is 11.6 Å². The van der Waals surface area contributed by atoms with Crippen molar-refractivity contribution in [1.29, 1.82) is 0 Å². The third-order valence-electron chi connectivity index (χ3n) is 7.82. The van der Waals surface area contributed by atoms with E-state index < -0.39 is 16.9 Å². The number of nitrogens with zero attached hydrogens (tertiary/aromatic N) is 2. The number of aliphatic hydroxyl groups is 1. The van der Waals surface area contributed by atoms with Crippen LogP contribution in [-0.4, -0.2) is 64.8 Å². The fraction of sp³-hybridized carbons (Fsp3) is 0.654. The highest BCUT2D eigenvalue weighted by molar-refractivity contribution is 6.30. The molecule has 0 spiro atoms. The molecule has 188 valence electrons. The van der Waals surface area contributed by atoms with E-state index in [-0.39, 0.29) is 29.7 Å². The Morgan fingerprint density at radius 1 is 1.15 bits per heavy atom. The smallest absolute Gasteiger partial charge is 0.227 e. The van der Waals surface area contributed by atoms with Gasteiger partial charge in [0.2, 0.25) is 17.7 Å². The summed E-state index contributed by atoms with van der Waals surface area (Å²) in [5, 5.41) is 15.2. The summed E-state index contributed by atoms with van der Waals surface area (Å²) >= 11 is 6.02. The predicted molar refractivity (Wildman–Crippen MR) is 132 cm³/mol. The van der Waals surface area contributed by atoms with Crippen molar-refractivity contribution >= 4 is 29.3 Å². The summed E-state index contributed by atoms with van der Waals surface area (Å²) in [4.78, 5) is 41.0. The second kappa shape index (κ2) is 10.2. The second-order valence-corrected chi connectivity index (χ2v) is 11.2. The number of hydrogen-bond donors (Lipinski definition) is 2. The van der Waals surface area contributed by atoms with Crippen LogP contribution < -0.4 is 5.32 Å². The van der Waals surface area contributed by atoms with E-state index in [1.54, 1.807) is 28.9 Å². The van der Waals surface area contributed by atoms with Crippen LogP contribution in [0.1, 0.15) is 59.4 Å². The zero-order valence-corrected chi connectivity index (χ0v) is 21.7. The minimum Gasteiger partial charge on any atom is -0.384 e. The normalized spacial score (nSPS) is 26.1.